The Morgan fingerprint density at radius 1 is 1.24 bits per heavy atom. The van der Waals surface area contributed by atoms with E-state index >= 15 is 0 Å². The van der Waals surface area contributed by atoms with Gasteiger partial charge in [-0.15, -0.1) is 0 Å². The molecule has 1 aromatic carbocycles. The summed E-state index contributed by atoms with van der Waals surface area (Å²) in [6, 6.07) is 5.89. The zero-order valence-corrected chi connectivity index (χ0v) is 18.1. The van der Waals surface area contributed by atoms with E-state index in [0.29, 0.717) is 31.3 Å². The Labute approximate surface area is 191 Å². The van der Waals surface area contributed by atoms with Crippen molar-refractivity contribution in [2.75, 3.05) is 25.2 Å². The van der Waals surface area contributed by atoms with Crippen molar-refractivity contribution in [1.29, 1.82) is 0 Å². The number of ether oxygens (including phenoxy) is 2. The molecule has 1 unspecified atom stereocenters. The van der Waals surface area contributed by atoms with E-state index < -0.39 is 42.2 Å². The molecule has 1 aliphatic rings. The van der Waals surface area contributed by atoms with E-state index in [9.17, 15) is 27.6 Å². The van der Waals surface area contributed by atoms with Crippen molar-refractivity contribution in [2.24, 2.45) is 0 Å². The summed E-state index contributed by atoms with van der Waals surface area (Å²) < 4.78 is 48.5. The fraction of sp³-hybridized carbons (Fsp3) is 0.333. The molecule has 2 aromatic rings. The van der Waals surface area contributed by atoms with E-state index in [-0.39, 0.29) is 16.4 Å². The van der Waals surface area contributed by atoms with Gasteiger partial charge in [-0.3, -0.25) is 14.9 Å². The summed E-state index contributed by atoms with van der Waals surface area (Å²) >= 11 is 5.98. The topological polar surface area (TPSA) is 97.8 Å². The van der Waals surface area contributed by atoms with E-state index in [4.69, 9.17) is 21.1 Å². The summed E-state index contributed by atoms with van der Waals surface area (Å²) in [5.74, 6) is -1.74. The Morgan fingerprint density at radius 2 is 1.94 bits per heavy atom. The van der Waals surface area contributed by atoms with Gasteiger partial charge >= 0.3 is 12.1 Å². The van der Waals surface area contributed by atoms with Gasteiger partial charge in [-0.05, 0) is 43.2 Å². The molecule has 33 heavy (non-hydrogen) atoms. The second-order valence-corrected chi connectivity index (χ2v) is 7.50. The van der Waals surface area contributed by atoms with Crippen LogP contribution in [0.3, 0.4) is 0 Å². The molecule has 1 aliphatic heterocycles. The Hall–Kier alpha value is -3.34. The molecule has 2 amide bonds. The van der Waals surface area contributed by atoms with Gasteiger partial charge in [-0.1, -0.05) is 11.6 Å². The molecule has 1 fully saturated rings. The third-order valence-corrected chi connectivity index (χ3v) is 5.17. The van der Waals surface area contributed by atoms with Gasteiger partial charge in [0.15, 0.2) is 6.61 Å². The summed E-state index contributed by atoms with van der Waals surface area (Å²) in [5, 5.41) is 1.85. The van der Waals surface area contributed by atoms with Crippen LogP contribution in [0.25, 0.3) is 0 Å². The first-order chi connectivity index (χ1) is 15.6. The molecule has 1 saturated heterocycles. The highest BCUT2D eigenvalue weighted by Crippen LogP contribution is 2.35. The largest absolute Gasteiger partial charge is 0.497 e. The molecule has 8 nitrogen and oxygen atoms in total. The number of carbonyl (C=O) groups excluding carboxylic acids is 3. The standard InChI is InChI=1S/C21H19ClF3N3O5/c1-32-14-6-4-12(5-7-14)19(30)27-17(29)11-33-20(31)16-3-2-8-28(16)18-15(22)9-13(10-26-18)21(23,24)25/h4-7,9-10,16H,2-3,8,11H2,1H3,(H,27,29,30). The van der Waals surface area contributed by atoms with Gasteiger partial charge in [-0.2, -0.15) is 13.2 Å². The number of imide groups is 1. The molecule has 0 radical (unpaired) electrons. The highest BCUT2D eigenvalue weighted by molar-refractivity contribution is 6.33. The Kier molecular flexibility index (Phi) is 7.42. The zero-order valence-electron chi connectivity index (χ0n) is 17.3. The molecule has 0 bridgehead atoms. The fourth-order valence-corrected chi connectivity index (χ4v) is 3.55. The maximum absolute atomic E-state index is 12.8. The number of anilines is 1. The quantitative estimate of drug-likeness (QED) is 0.627. The molecule has 0 aliphatic carbocycles. The van der Waals surface area contributed by atoms with Gasteiger partial charge < -0.3 is 14.4 Å². The second-order valence-electron chi connectivity index (χ2n) is 7.09. The van der Waals surface area contributed by atoms with Crippen molar-refractivity contribution in [3.8, 4) is 5.75 Å². The van der Waals surface area contributed by atoms with Crippen molar-refractivity contribution in [3.63, 3.8) is 0 Å². The van der Waals surface area contributed by atoms with Crippen LogP contribution < -0.4 is 15.0 Å². The van der Waals surface area contributed by atoms with Crippen molar-refractivity contribution < 1.29 is 37.0 Å². The number of benzene rings is 1. The van der Waals surface area contributed by atoms with Gasteiger partial charge in [0.2, 0.25) is 0 Å². The zero-order chi connectivity index (χ0) is 24.2. The van der Waals surface area contributed by atoms with Gasteiger partial charge in [0.05, 0.1) is 17.7 Å². The number of nitrogens with one attached hydrogen (secondary N) is 1. The molecule has 0 spiro atoms. The van der Waals surface area contributed by atoms with E-state index in [1.54, 1.807) is 12.1 Å². The minimum atomic E-state index is -4.60. The summed E-state index contributed by atoms with van der Waals surface area (Å²) in [5.41, 5.74) is -0.798. The maximum Gasteiger partial charge on any atom is 0.417 e. The number of pyridine rings is 1. The second kappa shape index (κ2) is 10.1. The summed E-state index contributed by atoms with van der Waals surface area (Å²) in [4.78, 5) is 41.8. The molecular formula is C21H19ClF3N3O5. The number of aromatic nitrogens is 1. The highest BCUT2D eigenvalue weighted by atomic mass is 35.5. The molecule has 176 valence electrons. The number of alkyl halides is 3. The Bertz CT molecular complexity index is 1050. The smallest absolute Gasteiger partial charge is 0.417 e. The third kappa shape index (κ3) is 5.92. The third-order valence-electron chi connectivity index (χ3n) is 4.90. The molecule has 1 aromatic heterocycles. The van der Waals surface area contributed by atoms with Crippen LogP contribution in [0.4, 0.5) is 19.0 Å². The normalized spacial score (nSPS) is 15.8. The monoisotopic (exact) mass is 485 g/mol. The highest BCUT2D eigenvalue weighted by Gasteiger charge is 2.36. The van der Waals surface area contributed by atoms with Crippen LogP contribution in [0.1, 0.15) is 28.8 Å². The van der Waals surface area contributed by atoms with E-state index in [2.05, 4.69) is 10.3 Å². The number of methoxy groups -OCH3 is 1. The van der Waals surface area contributed by atoms with Crippen LogP contribution in [0.5, 0.6) is 5.75 Å². The number of amides is 2. The van der Waals surface area contributed by atoms with Gasteiger partial charge in [0, 0.05) is 18.3 Å². The Morgan fingerprint density at radius 3 is 2.55 bits per heavy atom. The average Bonchev–Trinajstić information content (AvgIpc) is 3.26. The fourth-order valence-electron chi connectivity index (χ4n) is 3.27. The maximum atomic E-state index is 12.8. The summed E-state index contributed by atoms with van der Waals surface area (Å²) in [7, 11) is 1.47. The van der Waals surface area contributed by atoms with Crippen molar-refractivity contribution in [3.05, 3.63) is 52.7 Å². The first-order valence-electron chi connectivity index (χ1n) is 9.74. The summed E-state index contributed by atoms with van der Waals surface area (Å²) in [6.45, 7) is -0.390. The number of halogens is 4. The molecule has 1 N–H and O–H groups in total. The summed E-state index contributed by atoms with van der Waals surface area (Å²) in [6.07, 6.45) is -3.08. The first-order valence-corrected chi connectivity index (χ1v) is 10.1. The number of nitrogens with zero attached hydrogens (tertiary/aromatic N) is 2. The van der Waals surface area contributed by atoms with E-state index in [0.717, 1.165) is 6.07 Å². The molecule has 1 atom stereocenters. The lowest BCUT2D eigenvalue weighted by atomic mass is 10.2. The molecule has 2 heterocycles. The van der Waals surface area contributed by atoms with Crippen LogP contribution >= 0.6 is 11.6 Å². The number of hydrogen-bond donors (Lipinski definition) is 1. The van der Waals surface area contributed by atoms with Gasteiger partial charge in [-0.25, -0.2) is 9.78 Å². The number of hydrogen-bond acceptors (Lipinski definition) is 7. The number of carbonyl (C=O) groups is 3. The van der Waals surface area contributed by atoms with E-state index in [1.807, 2.05) is 0 Å². The lowest BCUT2D eigenvalue weighted by Crippen LogP contribution is -2.40. The Balaban J connectivity index is 1.58. The molecule has 0 saturated carbocycles. The SMILES string of the molecule is COc1ccc(C(=O)NC(=O)COC(=O)C2CCCN2c2ncc(C(F)(F)F)cc2Cl)cc1. The van der Waals surface area contributed by atoms with Crippen molar-refractivity contribution in [2.45, 2.75) is 25.1 Å². The lowest BCUT2D eigenvalue weighted by molar-refractivity contribution is -0.149. The lowest BCUT2D eigenvalue weighted by Gasteiger charge is -2.25. The van der Waals surface area contributed by atoms with Crippen LogP contribution in [0.15, 0.2) is 36.5 Å². The van der Waals surface area contributed by atoms with Gasteiger partial charge in [0.25, 0.3) is 11.8 Å². The van der Waals surface area contributed by atoms with Crippen molar-refractivity contribution in [1.82, 2.24) is 10.3 Å². The predicted octanol–water partition coefficient (Wildman–Crippen LogP) is 3.23. The minimum Gasteiger partial charge on any atom is -0.497 e. The number of rotatable bonds is 6. The van der Waals surface area contributed by atoms with Crippen LogP contribution in [-0.2, 0) is 20.5 Å². The van der Waals surface area contributed by atoms with Crippen LogP contribution in [0.2, 0.25) is 5.02 Å². The van der Waals surface area contributed by atoms with Crippen LogP contribution in [-0.4, -0.2) is 49.1 Å². The molecule has 3 rings (SSSR count). The minimum absolute atomic E-state index is 0.0169. The van der Waals surface area contributed by atoms with Gasteiger partial charge in [0.1, 0.15) is 17.6 Å². The number of esters is 1. The molecular weight excluding hydrogens is 467 g/mol. The molecule has 12 heteroatoms. The first kappa shape index (κ1) is 24.3. The predicted molar refractivity (Wildman–Crippen MR) is 111 cm³/mol. The average molecular weight is 486 g/mol. The van der Waals surface area contributed by atoms with Crippen LogP contribution in [0, 0.1) is 0 Å². The van der Waals surface area contributed by atoms with E-state index in [1.165, 1.54) is 24.1 Å². The van der Waals surface area contributed by atoms with Crippen molar-refractivity contribution >= 4 is 35.2 Å².